The highest BCUT2D eigenvalue weighted by Crippen LogP contribution is 2.68. The van der Waals surface area contributed by atoms with Gasteiger partial charge in [0.05, 0.1) is 23.2 Å². The van der Waals surface area contributed by atoms with Crippen LogP contribution in [0.25, 0.3) is 0 Å². The van der Waals surface area contributed by atoms with Gasteiger partial charge in [-0.25, -0.2) is 0 Å². The zero-order valence-corrected chi connectivity index (χ0v) is 23.9. The highest BCUT2D eigenvalue weighted by molar-refractivity contribution is 9.09. The minimum absolute atomic E-state index is 0.00547. The third-order valence-electron chi connectivity index (χ3n) is 7.76. The van der Waals surface area contributed by atoms with Crippen molar-refractivity contribution in [1.82, 2.24) is 14.7 Å². The van der Waals surface area contributed by atoms with Crippen molar-refractivity contribution in [2.75, 3.05) is 26.2 Å². The topological polar surface area (TPSA) is 81.2 Å². The third kappa shape index (κ3) is 4.79. The van der Waals surface area contributed by atoms with Crippen molar-refractivity contribution in [2.24, 2.45) is 11.8 Å². The van der Waals surface area contributed by atoms with Crippen LogP contribution in [0.15, 0.2) is 55.6 Å². The molecule has 1 N–H and O–H groups in total. The molecule has 6 atom stereocenters. The lowest BCUT2D eigenvalue weighted by atomic mass is 9.70. The quantitative estimate of drug-likeness (QED) is 0.317. The summed E-state index contributed by atoms with van der Waals surface area (Å²) in [5, 5.41) is 9.72. The first-order chi connectivity index (χ1) is 17.7. The minimum Gasteiger partial charge on any atom is -0.395 e. The summed E-state index contributed by atoms with van der Waals surface area (Å²) < 4.78 is -0.733. The van der Waals surface area contributed by atoms with Gasteiger partial charge in [-0.15, -0.1) is 24.9 Å². The Morgan fingerprint density at radius 1 is 1.22 bits per heavy atom. The molecule has 3 heterocycles. The molecule has 1 aromatic rings. The monoisotopic (exact) mass is 589 g/mol. The summed E-state index contributed by atoms with van der Waals surface area (Å²) in [5.74, 6) is -1.63. The lowest BCUT2D eigenvalue weighted by Gasteiger charge is -2.39. The number of β-amino-alcohol motifs (C(OH)–C–C–N with tert-alkyl or cyclic N) is 1. The molecule has 2 bridgehead atoms. The van der Waals surface area contributed by atoms with Gasteiger partial charge in [0, 0.05) is 42.3 Å². The average Bonchev–Trinajstić information content (AvgIpc) is 3.46. The van der Waals surface area contributed by atoms with E-state index in [1.165, 1.54) is 4.90 Å². The molecule has 7 nitrogen and oxygen atoms in total. The third-order valence-corrected chi connectivity index (χ3v) is 11.0. The molecule has 37 heavy (non-hydrogen) atoms. The van der Waals surface area contributed by atoms with Crippen molar-refractivity contribution in [2.45, 2.75) is 53.7 Å². The summed E-state index contributed by atoms with van der Waals surface area (Å²) in [4.78, 5) is 47.2. The Labute approximate surface area is 232 Å². The maximum Gasteiger partial charge on any atom is 0.247 e. The van der Waals surface area contributed by atoms with Gasteiger partial charge in [0.2, 0.25) is 17.7 Å². The molecule has 4 rings (SSSR count). The van der Waals surface area contributed by atoms with E-state index in [-0.39, 0.29) is 47.0 Å². The van der Waals surface area contributed by atoms with Crippen LogP contribution in [0.5, 0.6) is 0 Å². The number of alkyl halides is 1. The summed E-state index contributed by atoms with van der Waals surface area (Å²) in [7, 11) is 0. The van der Waals surface area contributed by atoms with E-state index in [0.29, 0.717) is 26.1 Å². The van der Waals surface area contributed by atoms with Crippen molar-refractivity contribution in [3.63, 3.8) is 0 Å². The van der Waals surface area contributed by atoms with Crippen molar-refractivity contribution in [1.29, 1.82) is 0 Å². The fourth-order valence-corrected chi connectivity index (χ4v) is 9.89. The largest absolute Gasteiger partial charge is 0.395 e. The second kappa shape index (κ2) is 11.3. The number of carbonyl (C=O) groups excluding carboxylic acids is 3. The number of aliphatic hydroxyl groups excluding tert-OH is 1. The molecule has 1 aromatic carbocycles. The summed E-state index contributed by atoms with van der Waals surface area (Å²) in [6.07, 6.45) is 4.01. The van der Waals surface area contributed by atoms with E-state index in [1.807, 2.05) is 44.2 Å². The van der Waals surface area contributed by atoms with E-state index < -0.39 is 22.6 Å². The molecule has 1 spiro atoms. The fraction of sp³-hybridized carbons (Fsp3) is 0.536. The van der Waals surface area contributed by atoms with Crippen molar-refractivity contribution < 1.29 is 19.5 Å². The number of amides is 3. The second-order valence-corrected chi connectivity index (χ2v) is 13.0. The van der Waals surface area contributed by atoms with E-state index in [9.17, 15) is 19.5 Å². The highest BCUT2D eigenvalue weighted by Gasteiger charge is 2.76. The van der Waals surface area contributed by atoms with Crippen LogP contribution < -0.4 is 0 Å². The van der Waals surface area contributed by atoms with E-state index in [2.05, 4.69) is 29.1 Å². The Bertz CT molecular complexity index is 1050. The Hall–Kier alpha value is -2.10. The van der Waals surface area contributed by atoms with Crippen LogP contribution in [-0.2, 0) is 20.9 Å². The number of aliphatic hydroxyl groups is 1. The number of fused-ring (bicyclic) bond motifs is 1. The number of hydrogen-bond acceptors (Lipinski definition) is 5. The molecule has 3 fully saturated rings. The van der Waals surface area contributed by atoms with Crippen LogP contribution in [-0.4, -0.2) is 90.7 Å². The molecule has 0 saturated carbocycles. The molecular formula is C28H36BrN3O4S. The van der Waals surface area contributed by atoms with Crippen molar-refractivity contribution in [3.8, 4) is 0 Å². The molecule has 3 saturated heterocycles. The minimum atomic E-state index is -0.741. The number of benzene rings is 1. The van der Waals surface area contributed by atoms with Crippen LogP contribution in [0.1, 0.15) is 25.8 Å². The zero-order valence-electron chi connectivity index (χ0n) is 21.5. The fourth-order valence-electron chi connectivity index (χ4n) is 6.29. The highest BCUT2D eigenvalue weighted by atomic mass is 79.9. The van der Waals surface area contributed by atoms with E-state index in [4.69, 9.17) is 0 Å². The van der Waals surface area contributed by atoms with Gasteiger partial charge in [0.15, 0.2) is 0 Å². The van der Waals surface area contributed by atoms with Crippen molar-refractivity contribution >= 4 is 45.4 Å². The van der Waals surface area contributed by atoms with Gasteiger partial charge >= 0.3 is 0 Å². The van der Waals surface area contributed by atoms with Gasteiger partial charge < -0.3 is 19.8 Å². The second-order valence-electron chi connectivity index (χ2n) is 10.3. The number of rotatable bonds is 11. The number of thioether (sulfide) groups is 1. The van der Waals surface area contributed by atoms with Crippen molar-refractivity contribution in [3.05, 3.63) is 61.2 Å². The number of carbonyl (C=O) groups is 3. The molecule has 0 aromatic heterocycles. The first-order valence-electron chi connectivity index (χ1n) is 12.8. The van der Waals surface area contributed by atoms with Crippen LogP contribution in [0.4, 0.5) is 0 Å². The van der Waals surface area contributed by atoms with Gasteiger partial charge in [0.1, 0.15) is 6.04 Å². The molecule has 3 amide bonds. The van der Waals surface area contributed by atoms with Gasteiger partial charge in [-0.2, -0.15) is 0 Å². The molecule has 0 radical (unpaired) electrons. The van der Waals surface area contributed by atoms with Crippen LogP contribution >= 0.6 is 27.7 Å². The first-order valence-corrected chi connectivity index (χ1v) is 14.6. The molecule has 3 aliphatic heterocycles. The number of hydrogen-bond donors (Lipinski definition) is 1. The standard InChI is InChI=1S/C28H36BrN3O4S/c1-5-12-30(17-19-10-8-7-9-11-19)25(34)21-22-26(35)32(14-15-33)24(27(36)31(13-6-2)18(3)4)28(22)16-20(29)23(21)37-28/h5-11,18,20-24,33H,1-2,12-17H2,3-4H3/t20?,21-,22-,23-,24?,28?/m0/s1. The van der Waals surface area contributed by atoms with E-state index in [0.717, 1.165) is 5.56 Å². The molecule has 3 aliphatic rings. The summed E-state index contributed by atoms with van der Waals surface area (Å²) in [6, 6.07) is 8.95. The maximum absolute atomic E-state index is 14.2. The van der Waals surface area contributed by atoms with E-state index in [1.54, 1.807) is 33.7 Å². The number of likely N-dealkylation sites (tertiary alicyclic amines) is 1. The SMILES string of the molecule is C=CCN(Cc1ccccc1)C(=O)[C@H]1[C@H]2C(=O)N(CCO)C(C(=O)N(CC=C)C(C)C)C23CC(Br)[C@@H]1S3. The molecule has 9 heteroatoms. The Morgan fingerprint density at radius 2 is 1.89 bits per heavy atom. The van der Waals surface area contributed by atoms with Gasteiger partial charge in [-0.1, -0.05) is 58.4 Å². The predicted octanol–water partition coefficient (Wildman–Crippen LogP) is 3.08. The lowest BCUT2D eigenvalue weighted by molar-refractivity contribution is -0.145. The molecular weight excluding hydrogens is 554 g/mol. The Morgan fingerprint density at radius 3 is 2.49 bits per heavy atom. The normalized spacial score (nSPS) is 29.9. The van der Waals surface area contributed by atoms with Gasteiger partial charge in [-0.05, 0) is 25.8 Å². The lowest BCUT2D eigenvalue weighted by Crippen LogP contribution is -2.57. The van der Waals surface area contributed by atoms with Gasteiger partial charge in [-0.3, -0.25) is 14.4 Å². The number of halogens is 1. The molecule has 3 unspecified atom stereocenters. The van der Waals surface area contributed by atoms with E-state index >= 15 is 0 Å². The summed E-state index contributed by atoms with van der Waals surface area (Å²) in [6.45, 7) is 12.5. The molecule has 200 valence electrons. The summed E-state index contributed by atoms with van der Waals surface area (Å²) >= 11 is 5.43. The maximum atomic E-state index is 14.2. The van der Waals surface area contributed by atoms with Crippen LogP contribution in [0.3, 0.4) is 0 Å². The first kappa shape index (κ1) is 27.9. The predicted molar refractivity (Wildman–Crippen MR) is 150 cm³/mol. The number of nitrogens with zero attached hydrogens (tertiary/aromatic N) is 3. The smallest absolute Gasteiger partial charge is 0.247 e. The van der Waals surface area contributed by atoms with Crippen LogP contribution in [0, 0.1) is 11.8 Å². The Balaban J connectivity index is 1.73. The summed E-state index contributed by atoms with van der Waals surface area (Å²) in [5.41, 5.74) is 1.00. The Kier molecular flexibility index (Phi) is 8.55. The molecule has 0 aliphatic carbocycles. The average molecular weight is 591 g/mol. The van der Waals surface area contributed by atoms with Crippen LogP contribution in [0.2, 0.25) is 0 Å². The zero-order chi connectivity index (χ0) is 26.9. The van der Waals surface area contributed by atoms with Gasteiger partial charge in [0.25, 0.3) is 0 Å².